The van der Waals surface area contributed by atoms with Gasteiger partial charge in [0.25, 0.3) is 0 Å². The van der Waals surface area contributed by atoms with E-state index in [2.05, 4.69) is 11.0 Å². The molecule has 0 N–H and O–H groups in total. The highest BCUT2D eigenvalue weighted by atomic mass is 16.5. The van der Waals surface area contributed by atoms with Gasteiger partial charge < -0.3 is 14.4 Å². The Balaban J connectivity index is 1.55. The van der Waals surface area contributed by atoms with Gasteiger partial charge >= 0.3 is 0 Å². The summed E-state index contributed by atoms with van der Waals surface area (Å²) in [6.07, 6.45) is 1.31. The molecule has 29 heavy (non-hydrogen) atoms. The van der Waals surface area contributed by atoms with Crippen molar-refractivity contribution in [2.24, 2.45) is 0 Å². The highest BCUT2D eigenvalue weighted by Crippen LogP contribution is 2.28. The van der Waals surface area contributed by atoms with Crippen molar-refractivity contribution in [1.29, 1.82) is 5.26 Å². The van der Waals surface area contributed by atoms with Crippen LogP contribution in [-0.4, -0.2) is 56.1 Å². The number of amides is 1. The van der Waals surface area contributed by atoms with Crippen LogP contribution in [0.1, 0.15) is 23.1 Å². The maximum atomic E-state index is 12.8. The first kappa shape index (κ1) is 20.7. The van der Waals surface area contributed by atoms with Gasteiger partial charge in [-0.25, -0.2) is 0 Å². The maximum absolute atomic E-state index is 12.8. The van der Waals surface area contributed by atoms with Gasteiger partial charge in [0.2, 0.25) is 5.91 Å². The van der Waals surface area contributed by atoms with Crippen LogP contribution >= 0.6 is 0 Å². The Bertz CT molecular complexity index is 874. The molecular formula is C23H27N3O3. The quantitative estimate of drug-likeness (QED) is 0.755. The van der Waals surface area contributed by atoms with Crippen molar-refractivity contribution in [2.75, 3.05) is 40.4 Å². The Morgan fingerprint density at radius 1 is 0.966 bits per heavy atom. The minimum absolute atomic E-state index is 0.137. The number of nitrogens with zero attached hydrogens (tertiary/aromatic N) is 3. The Morgan fingerprint density at radius 3 is 2.38 bits per heavy atom. The van der Waals surface area contributed by atoms with E-state index in [0.29, 0.717) is 23.5 Å². The van der Waals surface area contributed by atoms with E-state index in [0.717, 1.165) is 44.7 Å². The van der Waals surface area contributed by atoms with Crippen molar-refractivity contribution < 1.29 is 14.3 Å². The van der Waals surface area contributed by atoms with Gasteiger partial charge in [-0.3, -0.25) is 9.69 Å². The number of hydrogen-bond acceptors (Lipinski definition) is 5. The topological polar surface area (TPSA) is 65.8 Å². The van der Waals surface area contributed by atoms with Crippen LogP contribution in [0, 0.1) is 11.3 Å². The Labute approximate surface area is 172 Å². The molecule has 0 spiro atoms. The average Bonchev–Trinajstić information content (AvgIpc) is 3.00. The minimum atomic E-state index is 0.137. The highest BCUT2D eigenvalue weighted by molar-refractivity contribution is 5.79. The van der Waals surface area contributed by atoms with Crippen LogP contribution in [0.25, 0.3) is 0 Å². The number of nitriles is 1. The molecule has 1 amide bonds. The molecule has 2 aromatic carbocycles. The first-order valence-corrected chi connectivity index (χ1v) is 9.83. The summed E-state index contributed by atoms with van der Waals surface area (Å²) in [5.41, 5.74) is 2.79. The summed E-state index contributed by atoms with van der Waals surface area (Å²) in [4.78, 5) is 17.1. The minimum Gasteiger partial charge on any atom is -0.493 e. The largest absolute Gasteiger partial charge is 0.493 e. The molecule has 0 aliphatic carbocycles. The van der Waals surface area contributed by atoms with Crippen LogP contribution in [0.3, 0.4) is 0 Å². The molecule has 0 bridgehead atoms. The van der Waals surface area contributed by atoms with E-state index in [-0.39, 0.29) is 5.91 Å². The second-order valence-corrected chi connectivity index (χ2v) is 7.19. The summed E-state index contributed by atoms with van der Waals surface area (Å²) < 4.78 is 10.6. The van der Waals surface area contributed by atoms with Crippen molar-refractivity contribution in [2.45, 2.75) is 19.4 Å². The lowest BCUT2D eigenvalue weighted by molar-refractivity contribution is -0.130. The molecule has 1 saturated heterocycles. The number of benzene rings is 2. The third-order valence-corrected chi connectivity index (χ3v) is 5.23. The van der Waals surface area contributed by atoms with Crippen LogP contribution in [0.15, 0.2) is 42.5 Å². The van der Waals surface area contributed by atoms with E-state index in [4.69, 9.17) is 14.7 Å². The second kappa shape index (κ2) is 9.94. The Kier molecular flexibility index (Phi) is 7.09. The number of rotatable bonds is 6. The lowest BCUT2D eigenvalue weighted by atomic mass is 10.1. The molecule has 0 atom stereocenters. The fraction of sp³-hybridized carbons (Fsp3) is 0.391. The fourth-order valence-corrected chi connectivity index (χ4v) is 3.60. The van der Waals surface area contributed by atoms with Crippen molar-refractivity contribution in [3.8, 4) is 17.6 Å². The molecule has 3 rings (SSSR count). The molecule has 6 heteroatoms. The Hall–Kier alpha value is -3.04. The summed E-state index contributed by atoms with van der Waals surface area (Å²) in [7, 11) is 3.20. The summed E-state index contributed by atoms with van der Waals surface area (Å²) in [5.74, 6) is 1.44. The van der Waals surface area contributed by atoms with E-state index in [9.17, 15) is 4.79 Å². The summed E-state index contributed by atoms with van der Waals surface area (Å²) in [6, 6.07) is 15.5. The van der Waals surface area contributed by atoms with Crippen molar-refractivity contribution in [1.82, 2.24) is 9.80 Å². The zero-order valence-corrected chi connectivity index (χ0v) is 17.1. The van der Waals surface area contributed by atoms with Gasteiger partial charge in [-0.05, 0) is 41.8 Å². The lowest BCUT2D eigenvalue weighted by Crippen LogP contribution is -2.36. The van der Waals surface area contributed by atoms with Crippen LogP contribution < -0.4 is 9.47 Å². The predicted octanol–water partition coefficient (Wildman–Crippen LogP) is 2.85. The van der Waals surface area contributed by atoms with Gasteiger partial charge in [0, 0.05) is 32.7 Å². The highest BCUT2D eigenvalue weighted by Gasteiger charge is 2.20. The molecule has 1 fully saturated rings. The third-order valence-electron chi connectivity index (χ3n) is 5.23. The van der Waals surface area contributed by atoms with Crippen molar-refractivity contribution >= 4 is 5.91 Å². The SMILES string of the molecule is COc1ccc(CC(=O)N2CCCN(Cc3ccc(C#N)cc3)CC2)cc1OC. The maximum Gasteiger partial charge on any atom is 0.227 e. The van der Waals surface area contributed by atoms with E-state index >= 15 is 0 Å². The van der Waals surface area contributed by atoms with Gasteiger partial charge in [-0.15, -0.1) is 0 Å². The average molecular weight is 393 g/mol. The molecule has 2 aromatic rings. The van der Waals surface area contributed by atoms with Crippen LogP contribution in [0.4, 0.5) is 0 Å². The Morgan fingerprint density at radius 2 is 1.69 bits per heavy atom. The normalized spacial score (nSPS) is 14.7. The number of hydrogen-bond donors (Lipinski definition) is 0. The van der Waals surface area contributed by atoms with E-state index in [1.807, 2.05) is 47.4 Å². The second-order valence-electron chi connectivity index (χ2n) is 7.19. The molecular weight excluding hydrogens is 366 g/mol. The first-order chi connectivity index (χ1) is 14.1. The standard InChI is InChI=1S/C23H27N3O3/c1-28-21-9-8-20(14-22(21)29-2)15-23(27)26-11-3-10-25(12-13-26)17-19-6-4-18(16-24)5-7-19/h4-9,14H,3,10-13,15,17H2,1-2H3. The van der Waals surface area contributed by atoms with Gasteiger partial charge in [0.05, 0.1) is 32.3 Å². The smallest absolute Gasteiger partial charge is 0.227 e. The zero-order valence-electron chi connectivity index (χ0n) is 17.1. The lowest BCUT2D eigenvalue weighted by Gasteiger charge is -2.22. The zero-order chi connectivity index (χ0) is 20.6. The third kappa shape index (κ3) is 5.49. The predicted molar refractivity (Wildman–Crippen MR) is 111 cm³/mol. The molecule has 0 radical (unpaired) electrons. The summed E-state index contributed by atoms with van der Waals surface area (Å²) >= 11 is 0. The van der Waals surface area contributed by atoms with E-state index < -0.39 is 0 Å². The fourth-order valence-electron chi connectivity index (χ4n) is 3.60. The van der Waals surface area contributed by atoms with Gasteiger partial charge in [-0.2, -0.15) is 5.26 Å². The van der Waals surface area contributed by atoms with Gasteiger partial charge in [0.1, 0.15) is 0 Å². The van der Waals surface area contributed by atoms with Crippen LogP contribution in [0.5, 0.6) is 11.5 Å². The van der Waals surface area contributed by atoms with Gasteiger partial charge in [-0.1, -0.05) is 18.2 Å². The summed E-state index contributed by atoms with van der Waals surface area (Å²) in [6.45, 7) is 4.14. The molecule has 1 aliphatic heterocycles. The summed E-state index contributed by atoms with van der Waals surface area (Å²) in [5, 5.41) is 8.92. The monoisotopic (exact) mass is 393 g/mol. The molecule has 0 saturated carbocycles. The van der Waals surface area contributed by atoms with Gasteiger partial charge in [0.15, 0.2) is 11.5 Å². The molecule has 6 nitrogen and oxygen atoms in total. The number of methoxy groups -OCH3 is 2. The van der Waals surface area contributed by atoms with Crippen molar-refractivity contribution in [3.63, 3.8) is 0 Å². The first-order valence-electron chi connectivity index (χ1n) is 9.83. The molecule has 0 aromatic heterocycles. The molecule has 1 aliphatic rings. The molecule has 0 unspecified atom stereocenters. The van der Waals surface area contributed by atoms with E-state index in [1.165, 1.54) is 5.56 Å². The number of carbonyl (C=O) groups excluding carboxylic acids is 1. The van der Waals surface area contributed by atoms with Crippen molar-refractivity contribution in [3.05, 3.63) is 59.2 Å². The number of carbonyl (C=O) groups is 1. The van der Waals surface area contributed by atoms with Crippen LogP contribution in [0.2, 0.25) is 0 Å². The van der Waals surface area contributed by atoms with Crippen LogP contribution in [-0.2, 0) is 17.8 Å². The molecule has 1 heterocycles. The van der Waals surface area contributed by atoms with E-state index in [1.54, 1.807) is 14.2 Å². The molecule has 152 valence electrons. The number of ether oxygens (including phenoxy) is 2.